The largest absolute Gasteiger partial charge is 0.365 e. The van der Waals surface area contributed by atoms with Gasteiger partial charge in [0, 0.05) is 26.8 Å². The number of hydrogen-bond acceptors (Lipinski definition) is 3. The molecule has 8 heteroatoms. The van der Waals surface area contributed by atoms with E-state index < -0.39 is 11.5 Å². The van der Waals surface area contributed by atoms with Gasteiger partial charge in [0.05, 0.1) is 6.04 Å². The third-order valence-electron chi connectivity index (χ3n) is 5.51. The Bertz CT molecular complexity index is 1190. The third-order valence-corrected chi connectivity index (χ3v) is 6.51. The number of aromatic amines is 1. The van der Waals surface area contributed by atoms with E-state index in [2.05, 4.69) is 26.2 Å². The van der Waals surface area contributed by atoms with Gasteiger partial charge in [0.2, 0.25) is 5.91 Å². The highest BCUT2D eigenvalue weighted by atomic mass is 79.9. The summed E-state index contributed by atoms with van der Waals surface area (Å²) in [6, 6.07) is 9.16. The van der Waals surface area contributed by atoms with Crippen LogP contribution in [0, 0.1) is 6.92 Å². The van der Waals surface area contributed by atoms with Crippen LogP contribution in [0.5, 0.6) is 0 Å². The van der Waals surface area contributed by atoms with Crippen LogP contribution in [-0.2, 0) is 17.8 Å². The zero-order chi connectivity index (χ0) is 20.7. The summed E-state index contributed by atoms with van der Waals surface area (Å²) in [5.41, 5.74) is 8.22. The van der Waals surface area contributed by atoms with Gasteiger partial charge < -0.3 is 20.6 Å². The van der Waals surface area contributed by atoms with Crippen molar-refractivity contribution in [3.05, 3.63) is 67.7 Å². The normalized spacial score (nSPS) is 15.9. The fourth-order valence-corrected chi connectivity index (χ4v) is 4.60. The van der Waals surface area contributed by atoms with Crippen LogP contribution in [0.4, 0.5) is 0 Å². The maximum absolute atomic E-state index is 12.9. The highest BCUT2D eigenvalue weighted by molar-refractivity contribution is 9.10. The molecule has 0 radical (unpaired) electrons. The van der Waals surface area contributed by atoms with E-state index in [1.165, 1.54) is 6.07 Å². The van der Waals surface area contributed by atoms with E-state index in [1.807, 2.05) is 35.8 Å². The summed E-state index contributed by atoms with van der Waals surface area (Å²) in [5.74, 6) is -0.907. The summed E-state index contributed by atoms with van der Waals surface area (Å²) in [7, 11) is 0. The van der Waals surface area contributed by atoms with Gasteiger partial charge in [0.1, 0.15) is 12.1 Å². The number of nitrogens with one attached hydrogen (secondary N) is 2. The van der Waals surface area contributed by atoms with E-state index in [4.69, 9.17) is 5.73 Å². The minimum Gasteiger partial charge on any atom is -0.365 e. The molecule has 0 saturated carbocycles. The summed E-state index contributed by atoms with van der Waals surface area (Å²) < 4.78 is 2.95. The van der Waals surface area contributed by atoms with Crippen LogP contribution in [0.2, 0.25) is 0 Å². The molecule has 2 amide bonds. The van der Waals surface area contributed by atoms with Gasteiger partial charge in [-0.05, 0) is 59.8 Å². The number of hydrogen-bond donors (Lipinski definition) is 3. The van der Waals surface area contributed by atoms with Crippen molar-refractivity contribution < 1.29 is 9.59 Å². The number of H-pyrrole nitrogens is 1. The van der Waals surface area contributed by atoms with Gasteiger partial charge >= 0.3 is 0 Å². The van der Waals surface area contributed by atoms with Crippen molar-refractivity contribution in [1.29, 1.82) is 0 Å². The van der Waals surface area contributed by atoms with E-state index >= 15 is 0 Å². The second-order valence-electron chi connectivity index (χ2n) is 7.33. The second kappa shape index (κ2) is 7.51. The molecular formula is C21H21BrN4O3. The van der Waals surface area contributed by atoms with Crippen molar-refractivity contribution in [2.45, 2.75) is 38.8 Å². The van der Waals surface area contributed by atoms with E-state index in [0.29, 0.717) is 6.42 Å². The summed E-state index contributed by atoms with van der Waals surface area (Å²) in [4.78, 5) is 39.2. The number of nitrogens with two attached hydrogens (primary N) is 1. The topological polar surface area (TPSA) is 110 Å². The number of halogens is 1. The average molecular weight is 457 g/mol. The van der Waals surface area contributed by atoms with Crippen molar-refractivity contribution in [3.63, 3.8) is 0 Å². The molecule has 1 aromatic carbocycles. The van der Waals surface area contributed by atoms with Crippen LogP contribution in [0.15, 0.2) is 39.6 Å². The molecule has 4 N–H and O–H groups in total. The number of rotatable bonds is 4. The Labute approximate surface area is 175 Å². The first-order valence-electron chi connectivity index (χ1n) is 9.45. The minimum absolute atomic E-state index is 0.0823. The fraction of sp³-hybridized carbons (Fsp3) is 0.286. The van der Waals surface area contributed by atoms with Gasteiger partial charge in [0.25, 0.3) is 11.5 Å². The number of benzene rings is 1. The van der Waals surface area contributed by atoms with Crippen LogP contribution < -0.4 is 16.6 Å². The van der Waals surface area contributed by atoms with Crippen LogP contribution in [0.1, 0.15) is 46.2 Å². The molecule has 0 aliphatic heterocycles. The SMILES string of the molecule is Cc1c(Br)c2ccccc2n1CC(=O)NC1CCCc2[nH]c(=O)c(C(N)=O)cc21. The van der Waals surface area contributed by atoms with Gasteiger partial charge in [-0.3, -0.25) is 14.4 Å². The number of amides is 2. The number of carbonyl (C=O) groups is 2. The molecule has 150 valence electrons. The van der Waals surface area contributed by atoms with Crippen molar-refractivity contribution in [3.8, 4) is 0 Å². The Morgan fingerprint density at radius 2 is 2.10 bits per heavy atom. The van der Waals surface area contributed by atoms with Gasteiger partial charge in [-0.1, -0.05) is 18.2 Å². The lowest BCUT2D eigenvalue weighted by molar-refractivity contribution is -0.122. The lowest BCUT2D eigenvalue weighted by atomic mass is 9.90. The van der Waals surface area contributed by atoms with Gasteiger partial charge in [-0.2, -0.15) is 0 Å². The van der Waals surface area contributed by atoms with Crippen LogP contribution in [-0.4, -0.2) is 21.4 Å². The highest BCUT2D eigenvalue weighted by Crippen LogP contribution is 2.31. The Kier molecular flexibility index (Phi) is 5.04. The van der Waals surface area contributed by atoms with E-state index in [0.717, 1.165) is 45.2 Å². The van der Waals surface area contributed by atoms with E-state index in [9.17, 15) is 14.4 Å². The number of pyridine rings is 1. The quantitative estimate of drug-likeness (QED) is 0.560. The number of aromatic nitrogens is 2. The molecule has 0 spiro atoms. The van der Waals surface area contributed by atoms with Crippen molar-refractivity contribution in [2.24, 2.45) is 5.73 Å². The molecule has 1 unspecified atom stereocenters. The second-order valence-corrected chi connectivity index (χ2v) is 8.12. The maximum atomic E-state index is 12.9. The predicted octanol–water partition coefficient (Wildman–Crippen LogP) is 2.69. The molecular weight excluding hydrogens is 436 g/mol. The fourth-order valence-electron chi connectivity index (χ4n) is 4.05. The Morgan fingerprint density at radius 3 is 2.86 bits per heavy atom. The molecule has 3 aromatic rings. The molecule has 1 atom stereocenters. The Hall–Kier alpha value is -2.87. The monoisotopic (exact) mass is 456 g/mol. The van der Waals surface area contributed by atoms with E-state index in [-0.39, 0.29) is 24.1 Å². The molecule has 29 heavy (non-hydrogen) atoms. The summed E-state index contributed by atoms with van der Waals surface area (Å²) in [6.07, 6.45) is 2.27. The first-order valence-corrected chi connectivity index (χ1v) is 10.2. The number of primary amides is 1. The lowest BCUT2D eigenvalue weighted by Crippen LogP contribution is -2.35. The van der Waals surface area contributed by atoms with Crippen LogP contribution in [0.3, 0.4) is 0 Å². The standard InChI is InChI=1S/C21H21BrN4O3/c1-11-19(22)12-5-2-3-8-17(12)26(11)10-18(27)24-15-6-4-7-16-13(15)9-14(20(23)28)21(29)25-16/h2-3,5,8-9,15H,4,6-7,10H2,1H3,(H2,23,28)(H,24,27)(H,25,29). The molecule has 7 nitrogen and oxygen atoms in total. The summed E-state index contributed by atoms with van der Waals surface area (Å²) >= 11 is 3.61. The van der Waals surface area contributed by atoms with Crippen LogP contribution >= 0.6 is 15.9 Å². The van der Waals surface area contributed by atoms with Crippen molar-refractivity contribution >= 4 is 38.6 Å². The molecule has 0 bridgehead atoms. The molecule has 2 aromatic heterocycles. The van der Waals surface area contributed by atoms with Crippen molar-refractivity contribution in [2.75, 3.05) is 0 Å². The molecule has 4 rings (SSSR count). The first-order chi connectivity index (χ1) is 13.9. The zero-order valence-corrected chi connectivity index (χ0v) is 17.5. The summed E-state index contributed by atoms with van der Waals surface area (Å²) in [6.45, 7) is 2.15. The molecule has 1 aliphatic rings. The van der Waals surface area contributed by atoms with E-state index in [1.54, 1.807) is 0 Å². The number of nitrogens with zero attached hydrogens (tertiary/aromatic N) is 1. The van der Waals surface area contributed by atoms with Crippen LogP contribution in [0.25, 0.3) is 10.9 Å². The molecule has 0 saturated heterocycles. The number of carbonyl (C=O) groups excluding carboxylic acids is 2. The van der Waals surface area contributed by atoms with Gasteiger partial charge in [-0.25, -0.2) is 0 Å². The minimum atomic E-state index is -0.774. The van der Waals surface area contributed by atoms with Crippen molar-refractivity contribution in [1.82, 2.24) is 14.9 Å². The Balaban J connectivity index is 1.61. The van der Waals surface area contributed by atoms with Gasteiger partial charge in [0.15, 0.2) is 0 Å². The third kappa shape index (κ3) is 3.48. The number of fused-ring (bicyclic) bond motifs is 2. The number of para-hydroxylation sites is 1. The molecule has 0 fully saturated rings. The number of aryl methyl sites for hydroxylation is 1. The average Bonchev–Trinajstić information content (AvgIpc) is 2.92. The first kappa shape index (κ1) is 19.4. The lowest BCUT2D eigenvalue weighted by Gasteiger charge is -2.26. The summed E-state index contributed by atoms with van der Waals surface area (Å²) in [5, 5.41) is 4.12. The zero-order valence-electron chi connectivity index (χ0n) is 15.9. The highest BCUT2D eigenvalue weighted by Gasteiger charge is 2.25. The smallest absolute Gasteiger partial charge is 0.261 e. The predicted molar refractivity (Wildman–Crippen MR) is 114 cm³/mol. The molecule has 1 aliphatic carbocycles. The van der Waals surface area contributed by atoms with Gasteiger partial charge in [-0.15, -0.1) is 0 Å². The Morgan fingerprint density at radius 1 is 1.34 bits per heavy atom. The maximum Gasteiger partial charge on any atom is 0.261 e. The molecule has 2 heterocycles.